The minimum Gasteiger partial charge on any atom is -0.481 e. The van der Waals surface area contributed by atoms with Crippen molar-refractivity contribution in [1.29, 1.82) is 0 Å². The number of esters is 1. The number of hydrogen-bond acceptors (Lipinski definition) is 3. The zero-order valence-electron chi connectivity index (χ0n) is 22.9. The van der Waals surface area contributed by atoms with Gasteiger partial charge in [0.2, 0.25) is 0 Å². The van der Waals surface area contributed by atoms with Crippen LogP contribution in [0.2, 0.25) is 0 Å². The van der Waals surface area contributed by atoms with E-state index in [1.807, 2.05) is 0 Å². The van der Waals surface area contributed by atoms with Gasteiger partial charge >= 0.3 is 11.9 Å². The lowest BCUT2D eigenvalue weighted by Gasteiger charge is -2.17. The molecule has 0 radical (unpaired) electrons. The fraction of sp³-hybridized carbons (Fsp3) is 0.933. The van der Waals surface area contributed by atoms with Crippen LogP contribution < -0.4 is 0 Å². The molecule has 0 aromatic carbocycles. The molecule has 0 aliphatic carbocycles. The van der Waals surface area contributed by atoms with Gasteiger partial charge in [0.25, 0.3) is 0 Å². The van der Waals surface area contributed by atoms with E-state index in [2.05, 4.69) is 13.8 Å². The molecule has 0 heterocycles. The molecule has 1 N–H and O–H groups in total. The van der Waals surface area contributed by atoms with Gasteiger partial charge in [0.1, 0.15) is 6.10 Å². The molecule has 1 unspecified atom stereocenters. The molecule has 0 aliphatic heterocycles. The topological polar surface area (TPSA) is 63.6 Å². The Hall–Kier alpha value is -1.06. The molecule has 0 aromatic heterocycles. The Labute approximate surface area is 212 Å². The summed E-state index contributed by atoms with van der Waals surface area (Å²) in [4.78, 5) is 23.2. The van der Waals surface area contributed by atoms with Crippen molar-refractivity contribution in [3.05, 3.63) is 0 Å². The maximum Gasteiger partial charge on any atom is 0.306 e. The molecule has 0 spiro atoms. The average Bonchev–Trinajstić information content (AvgIpc) is 2.81. The number of unbranched alkanes of at least 4 members (excludes halogenated alkanes) is 19. The standard InChI is InChI=1S/C30H58O4/c1-3-5-7-9-11-13-15-17-19-21-23-25-30(33)34-28(26-27-29(31)32)24-22-20-18-16-14-12-10-8-6-4-2/h28H,3-27H2,1-2H3,(H,31,32). The van der Waals surface area contributed by atoms with E-state index in [1.165, 1.54) is 109 Å². The SMILES string of the molecule is CCCCCCCCCCCCCC(=O)OC(CCCCCCCCCCCC)CCC(=O)O. The number of hydrogen-bond donors (Lipinski definition) is 1. The molecule has 4 nitrogen and oxygen atoms in total. The summed E-state index contributed by atoms with van der Waals surface area (Å²) in [5, 5.41) is 9.02. The fourth-order valence-electron chi connectivity index (χ4n) is 4.58. The predicted octanol–water partition coefficient (Wildman–Crippen LogP) is 9.78. The summed E-state index contributed by atoms with van der Waals surface area (Å²) in [6.07, 6.45) is 28.2. The van der Waals surface area contributed by atoms with Crippen molar-refractivity contribution >= 4 is 11.9 Å². The number of ether oxygens (including phenoxy) is 1. The second kappa shape index (κ2) is 26.5. The molecule has 0 aromatic rings. The van der Waals surface area contributed by atoms with Crippen LogP contribution in [-0.4, -0.2) is 23.1 Å². The van der Waals surface area contributed by atoms with E-state index >= 15 is 0 Å². The van der Waals surface area contributed by atoms with E-state index in [4.69, 9.17) is 9.84 Å². The first-order valence-electron chi connectivity index (χ1n) is 15.0. The van der Waals surface area contributed by atoms with Crippen molar-refractivity contribution in [2.45, 2.75) is 180 Å². The van der Waals surface area contributed by atoms with Crippen LogP contribution in [0.4, 0.5) is 0 Å². The Morgan fingerprint density at radius 3 is 1.32 bits per heavy atom. The molecular formula is C30H58O4. The smallest absolute Gasteiger partial charge is 0.306 e. The summed E-state index contributed by atoms with van der Waals surface area (Å²) >= 11 is 0. The number of aliphatic carboxylic acids is 1. The van der Waals surface area contributed by atoms with Crippen LogP contribution in [0.25, 0.3) is 0 Å². The van der Waals surface area contributed by atoms with Gasteiger partial charge in [-0.1, -0.05) is 136 Å². The first-order valence-corrected chi connectivity index (χ1v) is 15.0. The van der Waals surface area contributed by atoms with Crippen LogP contribution in [0.1, 0.15) is 174 Å². The summed E-state index contributed by atoms with van der Waals surface area (Å²) in [5.74, 6) is -0.951. The number of carbonyl (C=O) groups excluding carboxylic acids is 1. The van der Waals surface area contributed by atoms with Crippen molar-refractivity contribution in [3.8, 4) is 0 Å². The van der Waals surface area contributed by atoms with Crippen LogP contribution >= 0.6 is 0 Å². The molecule has 0 rings (SSSR count). The normalized spacial score (nSPS) is 12.1. The summed E-state index contributed by atoms with van der Waals surface area (Å²) in [6, 6.07) is 0. The maximum absolute atomic E-state index is 12.3. The van der Waals surface area contributed by atoms with Crippen molar-refractivity contribution in [2.75, 3.05) is 0 Å². The first kappa shape index (κ1) is 32.9. The zero-order valence-corrected chi connectivity index (χ0v) is 22.9. The summed E-state index contributed by atoms with van der Waals surface area (Å²) < 4.78 is 5.67. The third kappa shape index (κ3) is 25.6. The molecule has 0 saturated carbocycles. The number of carboxylic acids is 1. The Balaban J connectivity index is 3.79. The quantitative estimate of drug-likeness (QED) is 0.0934. The van der Waals surface area contributed by atoms with E-state index in [9.17, 15) is 9.59 Å². The van der Waals surface area contributed by atoms with Crippen molar-refractivity contribution in [3.63, 3.8) is 0 Å². The van der Waals surface area contributed by atoms with E-state index in [0.29, 0.717) is 12.8 Å². The van der Waals surface area contributed by atoms with E-state index in [1.54, 1.807) is 0 Å². The Morgan fingerprint density at radius 1 is 0.529 bits per heavy atom. The van der Waals surface area contributed by atoms with Gasteiger partial charge in [0.05, 0.1) is 0 Å². The third-order valence-electron chi connectivity index (χ3n) is 6.84. The van der Waals surface area contributed by atoms with Crippen molar-refractivity contribution in [1.82, 2.24) is 0 Å². The van der Waals surface area contributed by atoms with Crippen molar-refractivity contribution < 1.29 is 19.4 Å². The molecule has 202 valence electrons. The van der Waals surface area contributed by atoms with Crippen LogP contribution in [0.3, 0.4) is 0 Å². The molecule has 0 saturated heterocycles. The van der Waals surface area contributed by atoms with Gasteiger partial charge in [0.15, 0.2) is 0 Å². The highest BCUT2D eigenvalue weighted by molar-refractivity contribution is 5.69. The minimum atomic E-state index is -0.811. The molecule has 34 heavy (non-hydrogen) atoms. The van der Waals surface area contributed by atoms with Crippen LogP contribution in [0.5, 0.6) is 0 Å². The lowest BCUT2D eigenvalue weighted by molar-refractivity contribution is -0.151. The number of rotatable bonds is 27. The molecule has 1 atom stereocenters. The highest BCUT2D eigenvalue weighted by Gasteiger charge is 2.15. The van der Waals surface area contributed by atoms with Gasteiger partial charge < -0.3 is 9.84 Å². The molecule has 0 fully saturated rings. The van der Waals surface area contributed by atoms with E-state index < -0.39 is 5.97 Å². The molecule has 0 bridgehead atoms. The van der Waals surface area contributed by atoms with E-state index in [0.717, 1.165) is 32.1 Å². The number of carboxylic acid groups (broad SMARTS) is 1. The van der Waals surface area contributed by atoms with Gasteiger partial charge in [-0.05, 0) is 25.7 Å². The lowest BCUT2D eigenvalue weighted by atomic mass is 10.0. The third-order valence-corrected chi connectivity index (χ3v) is 6.84. The van der Waals surface area contributed by atoms with Crippen LogP contribution in [0.15, 0.2) is 0 Å². The highest BCUT2D eigenvalue weighted by Crippen LogP contribution is 2.17. The second-order valence-electron chi connectivity index (χ2n) is 10.3. The van der Waals surface area contributed by atoms with E-state index in [-0.39, 0.29) is 18.5 Å². The van der Waals surface area contributed by atoms with Gasteiger partial charge in [0, 0.05) is 12.8 Å². The highest BCUT2D eigenvalue weighted by atomic mass is 16.5. The average molecular weight is 483 g/mol. The summed E-state index contributed by atoms with van der Waals surface area (Å²) in [6.45, 7) is 4.50. The Kier molecular flexibility index (Phi) is 25.7. The largest absolute Gasteiger partial charge is 0.481 e. The molecule has 0 amide bonds. The zero-order chi connectivity index (χ0) is 25.1. The maximum atomic E-state index is 12.3. The lowest BCUT2D eigenvalue weighted by Crippen LogP contribution is -2.19. The Bertz CT molecular complexity index is 449. The minimum absolute atomic E-state index is 0.0775. The van der Waals surface area contributed by atoms with Crippen LogP contribution in [-0.2, 0) is 14.3 Å². The molecule has 0 aliphatic rings. The molecular weight excluding hydrogens is 424 g/mol. The summed E-state index contributed by atoms with van der Waals surface area (Å²) in [5.41, 5.74) is 0. The number of carbonyl (C=O) groups is 2. The van der Waals surface area contributed by atoms with Gasteiger partial charge in [-0.3, -0.25) is 9.59 Å². The van der Waals surface area contributed by atoms with Gasteiger partial charge in [-0.15, -0.1) is 0 Å². The monoisotopic (exact) mass is 482 g/mol. The van der Waals surface area contributed by atoms with Crippen LogP contribution in [0, 0.1) is 0 Å². The molecule has 4 heteroatoms. The van der Waals surface area contributed by atoms with Gasteiger partial charge in [-0.25, -0.2) is 0 Å². The van der Waals surface area contributed by atoms with Crippen molar-refractivity contribution in [2.24, 2.45) is 0 Å². The first-order chi connectivity index (χ1) is 16.6. The predicted molar refractivity (Wildman–Crippen MR) is 144 cm³/mol. The second-order valence-corrected chi connectivity index (χ2v) is 10.3. The summed E-state index contributed by atoms with van der Waals surface area (Å²) in [7, 11) is 0. The Morgan fingerprint density at radius 2 is 0.912 bits per heavy atom. The fourth-order valence-corrected chi connectivity index (χ4v) is 4.58. The van der Waals surface area contributed by atoms with Gasteiger partial charge in [-0.2, -0.15) is 0 Å².